The number of rotatable bonds is 5. The van der Waals surface area contributed by atoms with Gasteiger partial charge in [0.2, 0.25) is 0 Å². The standard InChI is InChI=1S/C12H17NO3/c1-3-8-16-10-6-4-9(5-7-10)11(13)12(14)15-2/h4-7,11H,3,8,13H2,1-2H3. The van der Waals surface area contributed by atoms with Crippen molar-refractivity contribution in [1.82, 2.24) is 0 Å². The molecule has 0 fully saturated rings. The second kappa shape index (κ2) is 6.12. The smallest absolute Gasteiger partial charge is 0.327 e. The normalized spacial score (nSPS) is 11.9. The summed E-state index contributed by atoms with van der Waals surface area (Å²) in [6, 6.07) is 6.41. The fourth-order valence-corrected chi connectivity index (χ4v) is 1.25. The zero-order chi connectivity index (χ0) is 12.0. The van der Waals surface area contributed by atoms with Crippen molar-refractivity contribution in [1.29, 1.82) is 0 Å². The lowest BCUT2D eigenvalue weighted by Crippen LogP contribution is -2.22. The molecule has 0 spiro atoms. The van der Waals surface area contributed by atoms with Crippen LogP contribution >= 0.6 is 0 Å². The largest absolute Gasteiger partial charge is 0.494 e. The van der Waals surface area contributed by atoms with Crippen molar-refractivity contribution in [3.05, 3.63) is 29.8 Å². The fraction of sp³-hybridized carbons (Fsp3) is 0.417. The highest BCUT2D eigenvalue weighted by atomic mass is 16.5. The lowest BCUT2D eigenvalue weighted by atomic mass is 10.1. The van der Waals surface area contributed by atoms with E-state index in [0.717, 1.165) is 17.7 Å². The fourth-order valence-electron chi connectivity index (χ4n) is 1.25. The molecule has 4 nitrogen and oxygen atoms in total. The van der Waals surface area contributed by atoms with Gasteiger partial charge in [0.25, 0.3) is 0 Å². The van der Waals surface area contributed by atoms with Crippen LogP contribution in [0.1, 0.15) is 24.9 Å². The van der Waals surface area contributed by atoms with Crippen LogP contribution in [0.5, 0.6) is 5.75 Å². The highest BCUT2D eigenvalue weighted by Gasteiger charge is 2.15. The molecule has 0 saturated carbocycles. The van der Waals surface area contributed by atoms with Gasteiger partial charge < -0.3 is 15.2 Å². The molecule has 0 aliphatic heterocycles. The number of carbonyl (C=O) groups excluding carboxylic acids is 1. The van der Waals surface area contributed by atoms with Gasteiger partial charge >= 0.3 is 5.97 Å². The number of benzene rings is 1. The van der Waals surface area contributed by atoms with Crippen LogP contribution in [0.25, 0.3) is 0 Å². The summed E-state index contributed by atoms with van der Waals surface area (Å²) >= 11 is 0. The van der Waals surface area contributed by atoms with Crippen LogP contribution < -0.4 is 10.5 Å². The molecule has 0 bridgehead atoms. The molecule has 1 aromatic rings. The van der Waals surface area contributed by atoms with Crippen molar-refractivity contribution < 1.29 is 14.3 Å². The van der Waals surface area contributed by atoms with Gasteiger partial charge in [0.05, 0.1) is 13.7 Å². The first kappa shape index (κ1) is 12.5. The Balaban J connectivity index is 2.67. The van der Waals surface area contributed by atoms with Crippen molar-refractivity contribution >= 4 is 5.97 Å². The van der Waals surface area contributed by atoms with Gasteiger partial charge in [0.15, 0.2) is 0 Å². The van der Waals surface area contributed by atoms with E-state index >= 15 is 0 Å². The van der Waals surface area contributed by atoms with E-state index in [2.05, 4.69) is 4.74 Å². The van der Waals surface area contributed by atoms with E-state index in [-0.39, 0.29) is 0 Å². The third-order valence-electron chi connectivity index (χ3n) is 2.17. The molecule has 0 saturated heterocycles. The summed E-state index contributed by atoms with van der Waals surface area (Å²) in [6.45, 7) is 2.73. The van der Waals surface area contributed by atoms with Crippen LogP contribution in [0.4, 0.5) is 0 Å². The third-order valence-corrected chi connectivity index (χ3v) is 2.17. The van der Waals surface area contributed by atoms with Crippen LogP contribution in [0.15, 0.2) is 24.3 Å². The summed E-state index contributed by atoms with van der Waals surface area (Å²) in [6.07, 6.45) is 0.962. The summed E-state index contributed by atoms with van der Waals surface area (Å²) in [5, 5.41) is 0. The maximum atomic E-state index is 11.2. The Bertz CT molecular complexity index is 335. The Kier molecular flexibility index (Phi) is 4.79. The average molecular weight is 223 g/mol. The molecule has 1 atom stereocenters. The first-order valence-electron chi connectivity index (χ1n) is 5.25. The van der Waals surface area contributed by atoms with Gasteiger partial charge in [0, 0.05) is 0 Å². The van der Waals surface area contributed by atoms with Gasteiger partial charge in [-0.15, -0.1) is 0 Å². The molecular formula is C12H17NO3. The van der Waals surface area contributed by atoms with Gasteiger partial charge in [-0.3, -0.25) is 4.79 Å². The predicted octanol–water partition coefficient (Wildman–Crippen LogP) is 1.65. The number of hydrogen-bond donors (Lipinski definition) is 1. The van der Waals surface area contributed by atoms with Gasteiger partial charge in [0.1, 0.15) is 11.8 Å². The maximum Gasteiger partial charge on any atom is 0.327 e. The van der Waals surface area contributed by atoms with Crippen LogP contribution in [0, 0.1) is 0 Å². The molecule has 0 aliphatic carbocycles. The minimum atomic E-state index is -0.731. The quantitative estimate of drug-likeness (QED) is 0.771. The Labute approximate surface area is 95.3 Å². The monoisotopic (exact) mass is 223 g/mol. The topological polar surface area (TPSA) is 61.5 Å². The van der Waals surface area contributed by atoms with Gasteiger partial charge in [-0.05, 0) is 24.1 Å². The zero-order valence-corrected chi connectivity index (χ0v) is 9.60. The average Bonchev–Trinajstić information content (AvgIpc) is 2.35. The molecule has 0 radical (unpaired) electrons. The number of esters is 1. The molecule has 0 aliphatic rings. The van der Waals surface area contributed by atoms with E-state index in [1.807, 2.05) is 6.92 Å². The summed E-state index contributed by atoms with van der Waals surface area (Å²) in [5.74, 6) is 0.338. The molecule has 88 valence electrons. The Morgan fingerprint density at radius 3 is 2.50 bits per heavy atom. The maximum absolute atomic E-state index is 11.2. The van der Waals surface area contributed by atoms with Gasteiger partial charge in [-0.2, -0.15) is 0 Å². The summed E-state index contributed by atoms with van der Waals surface area (Å²) < 4.78 is 9.99. The molecular weight excluding hydrogens is 206 g/mol. The summed E-state index contributed by atoms with van der Waals surface area (Å²) in [4.78, 5) is 11.2. The van der Waals surface area contributed by atoms with Gasteiger partial charge in [-0.1, -0.05) is 19.1 Å². The van der Waals surface area contributed by atoms with E-state index in [1.165, 1.54) is 7.11 Å². The lowest BCUT2D eigenvalue weighted by Gasteiger charge is -2.10. The minimum Gasteiger partial charge on any atom is -0.494 e. The molecule has 4 heteroatoms. The molecule has 1 unspecified atom stereocenters. The van der Waals surface area contributed by atoms with Crippen molar-refractivity contribution in [3.8, 4) is 5.75 Å². The summed E-state index contributed by atoms with van der Waals surface area (Å²) in [7, 11) is 1.32. The number of carbonyl (C=O) groups is 1. The van der Waals surface area contributed by atoms with Crippen molar-refractivity contribution in [2.45, 2.75) is 19.4 Å². The predicted molar refractivity (Wildman–Crippen MR) is 61.2 cm³/mol. The van der Waals surface area contributed by atoms with Gasteiger partial charge in [-0.25, -0.2) is 0 Å². The van der Waals surface area contributed by atoms with Crippen LogP contribution in [-0.2, 0) is 9.53 Å². The van der Waals surface area contributed by atoms with Crippen LogP contribution in [-0.4, -0.2) is 19.7 Å². The van der Waals surface area contributed by atoms with E-state index in [0.29, 0.717) is 6.61 Å². The van der Waals surface area contributed by atoms with Crippen molar-refractivity contribution in [2.75, 3.05) is 13.7 Å². The molecule has 0 heterocycles. The number of ether oxygens (including phenoxy) is 2. The SMILES string of the molecule is CCCOc1ccc(C(N)C(=O)OC)cc1. The molecule has 1 aromatic carbocycles. The number of methoxy groups -OCH3 is 1. The second-order valence-electron chi connectivity index (χ2n) is 3.42. The highest BCUT2D eigenvalue weighted by Crippen LogP contribution is 2.17. The van der Waals surface area contributed by atoms with Crippen molar-refractivity contribution in [2.24, 2.45) is 5.73 Å². The molecule has 2 N–H and O–H groups in total. The van der Waals surface area contributed by atoms with E-state index in [9.17, 15) is 4.79 Å². The van der Waals surface area contributed by atoms with E-state index in [1.54, 1.807) is 24.3 Å². The van der Waals surface area contributed by atoms with Crippen LogP contribution in [0.2, 0.25) is 0 Å². The number of hydrogen-bond acceptors (Lipinski definition) is 4. The third kappa shape index (κ3) is 3.24. The first-order valence-corrected chi connectivity index (χ1v) is 5.25. The van der Waals surface area contributed by atoms with E-state index in [4.69, 9.17) is 10.5 Å². The second-order valence-corrected chi connectivity index (χ2v) is 3.42. The Morgan fingerprint density at radius 1 is 1.38 bits per heavy atom. The zero-order valence-electron chi connectivity index (χ0n) is 9.60. The minimum absolute atomic E-state index is 0.442. The highest BCUT2D eigenvalue weighted by molar-refractivity contribution is 5.77. The van der Waals surface area contributed by atoms with Crippen LogP contribution in [0.3, 0.4) is 0 Å². The summed E-state index contributed by atoms with van der Waals surface area (Å²) in [5.41, 5.74) is 6.40. The van der Waals surface area contributed by atoms with Crippen molar-refractivity contribution in [3.63, 3.8) is 0 Å². The Hall–Kier alpha value is -1.55. The Morgan fingerprint density at radius 2 is 2.00 bits per heavy atom. The molecule has 1 rings (SSSR count). The lowest BCUT2D eigenvalue weighted by molar-refractivity contribution is -0.142. The molecule has 16 heavy (non-hydrogen) atoms. The van der Waals surface area contributed by atoms with E-state index < -0.39 is 12.0 Å². The molecule has 0 amide bonds. The number of nitrogens with two attached hydrogens (primary N) is 1. The first-order chi connectivity index (χ1) is 7.69. The molecule has 0 aromatic heterocycles.